The molecule has 1 heterocycles. The minimum atomic E-state index is -0.154. The highest BCUT2D eigenvalue weighted by molar-refractivity contribution is 5.97. The van der Waals surface area contributed by atoms with E-state index < -0.39 is 0 Å². The average Bonchev–Trinajstić information content (AvgIpc) is 2.41. The maximum absolute atomic E-state index is 11.5. The summed E-state index contributed by atoms with van der Waals surface area (Å²) in [5.41, 5.74) is 6.75. The number of nitrogens with zero attached hydrogens (tertiary/aromatic N) is 2. The van der Waals surface area contributed by atoms with Crippen LogP contribution in [0.25, 0.3) is 0 Å². The third kappa shape index (κ3) is 2.87. The van der Waals surface area contributed by atoms with E-state index in [0.29, 0.717) is 17.0 Å². The zero-order chi connectivity index (χ0) is 13.8. The fraction of sp³-hybridized carbons (Fsp3) is 0.0714. The first-order chi connectivity index (χ1) is 9.10. The molecule has 0 bridgehead atoms. The Bertz CT molecular complexity index is 675. The molecule has 0 aliphatic heterocycles. The highest BCUT2D eigenvalue weighted by atomic mass is 16.5. The van der Waals surface area contributed by atoms with E-state index in [-0.39, 0.29) is 17.4 Å². The molecule has 0 atom stereocenters. The molecule has 2 N–H and O–H groups in total. The number of aromatic nitrogens is 1. The summed E-state index contributed by atoms with van der Waals surface area (Å²) < 4.78 is 5.53. The molecule has 1 aromatic heterocycles. The molecule has 2 aromatic rings. The molecular weight excluding hydrogens is 242 g/mol. The summed E-state index contributed by atoms with van der Waals surface area (Å²) in [7, 11) is 0. The first-order valence-corrected chi connectivity index (χ1v) is 5.55. The summed E-state index contributed by atoms with van der Waals surface area (Å²) in [4.78, 5) is 15.5. The standard InChI is InChI=1S/C14H11N3O2/c1-9(18)12-7-10(16)5-6-13(12)19-14-4-2-3-11(8-15)17-14/h2-7H,16H2,1H3. The van der Waals surface area contributed by atoms with Gasteiger partial charge in [0.05, 0.1) is 5.56 Å². The number of nitrogen functional groups attached to an aromatic ring is 1. The normalized spacial score (nSPS) is 9.68. The predicted octanol–water partition coefficient (Wildman–Crippen LogP) is 2.53. The van der Waals surface area contributed by atoms with E-state index in [0.717, 1.165) is 0 Å². The summed E-state index contributed by atoms with van der Waals surface area (Å²) in [6.45, 7) is 1.43. The van der Waals surface area contributed by atoms with Gasteiger partial charge in [-0.1, -0.05) is 6.07 Å². The van der Waals surface area contributed by atoms with E-state index in [4.69, 9.17) is 15.7 Å². The molecule has 0 aliphatic rings. The highest BCUT2D eigenvalue weighted by Crippen LogP contribution is 2.26. The summed E-state index contributed by atoms with van der Waals surface area (Å²) >= 11 is 0. The van der Waals surface area contributed by atoms with E-state index in [2.05, 4.69) is 4.98 Å². The number of pyridine rings is 1. The number of carbonyl (C=O) groups is 1. The van der Waals surface area contributed by atoms with Gasteiger partial charge in [0.1, 0.15) is 17.5 Å². The number of Topliss-reactive ketones (excluding diaryl/α,β-unsaturated/α-hetero) is 1. The van der Waals surface area contributed by atoms with Gasteiger partial charge < -0.3 is 10.5 Å². The quantitative estimate of drug-likeness (QED) is 0.670. The number of carbonyl (C=O) groups excluding carboxylic acids is 1. The largest absolute Gasteiger partial charge is 0.438 e. The van der Waals surface area contributed by atoms with E-state index in [1.165, 1.54) is 6.92 Å². The van der Waals surface area contributed by atoms with Gasteiger partial charge in [0.2, 0.25) is 5.88 Å². The van der Waals surface area contributed by atoms with Gasteiger partial charge in [-0.25, -0.2) is 4.98 Å². The van der Waals surface area contributed by atoms with Crippen LogP contribution >= 0.6 is 0 Å². The van der Waals surface area contributed by atoms with Crippen molar-refractivity contribution in [3.8, 4) is 17.7 Å². The van der Waals surface area contributed by atoms with E-state index in [9.17, 15) is 4.79 Å². The molecular formula is C14H11N3O2. The van der Waals surface area contributed by atoms with Crippen molar-refractivity contribution in [1.29, 1.82) is 5.26 Å². The van der Waals surface area contributed by atoms with Crippen LogP contribution in [0.15, 0.2) is 36.4 Å². The molecule has 0 saturated heterocycles. The van der Waals surface area contributed by atoms with Gasteiger partial charge in [-0.3, -0.25) is 4.79 Å². The topological polar surface area (TPSA) is 89.0 Å². The molecule has 0 radical (unpaired) electrons. The Morgan fingerprint density at radius 2 is 2.16 bits per heavy atom. The van der Waals surface area contributed by atoms with Crippen molar-refractivity contribution in [1.82, 2.24) is 4.98 Å². The number of benzene rings is 1. The second kappa shape index (κ2) is 5.19. The van der Waals surface area contributed by atoms with Crippen molar-refractivity contribution in [3.05, 3.63) is 47.7 Å². The van der Waals surface area contributed by atoms with Gasteiger partial charge in [-0.15, -0.1) is 0 Å². The van der Waals surface area contributed by atoms with Gasteiger partial charge in [-0.05, 0) is 31.2 Å². The minimum Gasteiger partial charge on any atom is -0.438 e. The Kier molecular flexibility index (Phi) is 3.44. The smallest absolute Gasteiger partial charge is 0.220 e. The number of rotatable bonds is 3. The molecule has 0 saturated carbocycles. The molecule has 5 nitrogen and oxygen atoms in total. The van der Waals surface area contributed by atoms with E-state index >= 15 is 0 Å². The number of ketones is 1. The average molecular weight is 253 g/mol. The third-order valence-electron chi connectivity index (χ3n) is 2.44. The lowest BCUT2D eigenvalue weighted by molar-refractivity contribution is 0.101. The number of ether oxygens (including phenoxy) is 1. The number of hydrogen-bond donors (Lipinski definition) is 1. The molecule has 0 spiro atoms. The molecule has 2 rings (SSSR count). The van der Waals surface area contributed by atoms with Crippen LogP contribution in [-0.4, -0.2) is 10.8 Å². The molecule has 0 fully saturated rings. The first kappa shape index (κ1) is 12.6. The maximum Gasteiger partial charge on any atom is 0.220 e. The summed E-state index contributed by atoms with van der Waals surface area (Å²) in [6.07, 6.45) is 0. The Labute approximate surface area is 110 Å². The lowest BCUT2D eigenvalue weighted by atomic mass is 10.1. The summed E-state index contributed by atoms with van der Waals surface area (Å²) in [5.74, 6) is 0.467. The van der Waals surface area contributed by atoms with Crippen LogP contribution in [0.5, 0.6) is 11.6 Å². The number of anilines is 1. The van der Waals surface area contributed by atoms with Gasteiger partial charge in [-0.2, -0.15) is 5.26 Å². The zero-order valence-corrected chi connectivity index (χ0v) is 10.3. The SMILES string of the molecule is CC(=O)c1cc(N)ccc1Oc1cccc(C#N)n1. The van der Waals surface area contributed by atoms with E-state index in [1.807, 2.05) is 6.07 Å². The Hall–Kier alpha value is -2.87. The summed E-state index contributed by atoms with van der Waals surface area (Å²) in [5, 5.41) is 8.77. The third-order valence-corrected chi connectivity index (χ3v) is 2.44. The molecule has 0 aliphatic carbocycles. The van der Waals surface area contributed by atoms with Crippen molar-refractivity contribution in [3.63, 3.8) is 0 Å². The van der Waals surface area contributed by atoms with Crippen molar-refractivity contribution in [2.24, 2.45) is 0 Å². The Morgan fingerprint density at radius 3 is 2.84 bits per heavy atom. The van der Waals surface area contributed by atoms with Crippen LogP contribution in [-0.2, 0) is 0 Å². The van der Waals surface area contributed by atoms with Gasteiger partial charge >= 0.3 is 0 Å². The molecule has 19 heavy (non-hydrogen) atoms. The molecule has 0 amide bonds. The molecule has 1 aromatic carbocycles. The molecule has 5 heteroatoms. The lowest BCUT2D eigenvalue weighted by Gasteiger charge is -2.09. The monoisotopic (exact) mass is 253 g/mol. The van der Waals surface area contributed by atoms with Crippen molar-refractivity contribution in [2.75, 3.05) is 5.73 Å². The summed E-state index contributed by atoms with van der Waals surface area (Å²) in [6, 6.07) is 11.5. The minimum absolute atomic E-state index is 0.154. The van der Waals surface area contributed by atoms with E-state index in [1.54, 1.807) is 36.4 Å². The van der Waals surface area contributed by atoms with Gasteiger partial charge in [0, 0.05) is 11.8 Å². The fourth-order valence-corrected chi connectivity index (χ4v) is 1.56. The molecule has 0 unspecified atom stereocenters. The van der Waals surface area contributed by atoms with Crippen LogP contribution in [0.2, 0.25) is 0 Å². The van der Waals surface area contributed by atoms with Crippen LogP contribution in [0.3, 0.4) is 0 Å². The fourth-order valence-electron chi connectivity index (χ4n) is 1.56. The van der Waals surface area contributed by atoms with Crippen LogP contribution in [0.1, 0.15) is 23.0 Å². The Morgan fingerprint density at radius 1 is 1.37 bits per heavy atom. The van der Waals surface area contributed by atoms with Crippen molar-refractivity contribution < 1.29 is 9.53 Å². The van der Waals surface area contributed by atoms with Crippen LogP contribution in [0.4, 0.5) is 5.69 Å². The number of hydrogen-bond acceptors (Lipinski definition) is 5. The van der Waals surface area contributed by atoms with Crippen LogP contribution in [0, 0.1) is 11.3 Å². The molecule has 94 valence electrons. The second-order valence-electron chi connectivity index (χ2n) is 3.89. The van der Waals surface area contributed by atoms with Crippen molar-refractivity contribution in [2.45, 2.75) is 6.92 Å². The van der Waals surface area contributed by atoms with Crippen molar-refractivity contribution >= 4 is 11.5 Å². The van der Waals surface area contributed by atoms with Gasteiger partial charge in [0.25, 0.3) is 0 Å². The number of nitriles is 1. The predicted molar refractivity (Wildman–Crippen MR) is 69.9 cm³/mol. The maximum atomic E-state index is 11.5. The first-order valence-electron chi connectivity index (χ1n) is 5.55. The lowest BCUT2D eigenvalue weighted by Crippen LogP contribution is -2.00. The second-order valence-corrected chi connectivity index (χ2v) is 3.89. The Balaban J connectivity index is 2.38. The highest BCUT2D eigenvalue weighted by Gasteiger charge is 2.10. The number of nitrogens with two attached hydrogens (primary N) is 1. The van der Waals surface area contributed by atoms with Gasteiger partial charge in [0.15, 0.2) is 5.78 Å². The van der Waals surface area contributed by atoms with Crippen LogP contribution < -0.4 is 10.5 Å². The zero-order valence-electron chi connectivity index (χ0n) is 10.3.